The van der Waals surface area contributed by atoms with Gasteiger partial charge in [0.05, 0.1) is 0 Å². The summed E-state index contributed by atoms with van der Waals surface area (Å²) < 4.78 is 0. The third-order valence-corrected chi connectivity index (χ3v) is 1.96. The highest BCUT2D eigenvalue weighted by molar-refractivity contribution is 4.77. The fraction of sp³-hybridized carbons (Fsp3) is 0.667. The van der Waals surface area contributed by atoms with Gasteiger partial charge >= 0.3 is 0 Å². The molecule has 0 heterocycles. The second-order valence-electron chi connectivity index (χ2n) is 3.13. The number of allylic oxidation sites excluding steroid dienone is 4. The lowest BCUT2D eigenvalue weighted by molar-refractivity contribution is 0.652. The molecule has 0 aliphatic heterocycles. The molecule has 0 aromatic carbocycles. The Balaban J connectivity index is 2.91. The Bertz CT molecular complexity index is 104. The maximum absolute atomic E-state index is 2.26. The van der Waals surface area contributed by atoms with E-state index in [1.807, 2.05) is 0 Å². The molecule has 0 nitrogen and oxygen atoms in total. The van der Waals surface area contributed by atoms with E-state index in [2.05, 4.69) is 38.2 Å². The van der Waals surface area contributed by atoms with Gasteiger partial charge in [0.25, 0.3) is 0 Å². The van der Waals surface area contributed by atoms with Gasteiger partial charge in [0, 0.05) is 0 Å². The minimum absolute atomic E-state index is 1.26. The molecule has 0 aliphatic carbocycles. The summed E-state index contributed by atoms with van der Waals surface area (Å²) in [5, 5.41) is 0. The van der Waals surface area contributed by atoms with Crippen LogP contribution in [-0.4, -0.2) is 0 Å². The van der Waals surface area contributed by atoms with Crippen LogP contribution in [0.1, 0.15) is 52.4 Å². The Morgan fingerprint density at radius 2 is 1.08 bits per heavy atom. The monoisotopic (exact) mass is 166 g/mol. The van der Waals surface area contributed by atoms with Gasteiger partial charge in [-0.3, -0.25) is 0 Å². The van der Waals surface area contributed by atoms with Crippen molar-refractivity contribution in [3.63, 3.8) is 0 Å². The predicted molar refractivity (Wildman–Crippen MR) is 57.3 cm³/mol. The normalized spacial score (nSPS) is 11.8. The molecular formula is C12H22. The first-order valence-corrected chi connectivity index (χ1v) is 5.14. The predicted octanol–water partition coefficient (Wildman–Crippen LogP) is 4.48. The maximum Gasteiger partial charge on any atom is -0.0351 e. The summed E-state index contributed by atoms with van der Waals surface area (Å²) in [6.07, 6.45) is 16.8. The molecule has 0 spiro atoms. The van der Waals surface area contributed by atoms with E-state index in [0.717, 1.165) is 0 Å². The number of hydrogen-bond donors (Lipinski definition) is 0. The highest BCUT2D eigenvalue weighted by Crippen LogP contribution is 2.06. The van der Waals surface area contributed by atoms with Crippen molar-refractivity contribution >= 4 is 0 Å². The van der Waals surface area contributed by atoms with Gasteiger partial charge < -0.3 is 0 Å². The highest BCUT2D eigenvalue weighted by Gasteiger charge is 1.86. The van der Waals surface area contributed by atoms with Crippen molar-refractivity contribution in [2.45, 2.75) is 52.4 Å². The Labute approximate surface area is 77.4 Å². The largest absolute Gasteiger partial charge is 0.0917 e. The van der Waals surface area contributed by atoms with Crippen LogP contribution in [0.3, 0.4) is 0 Å². The fourth-order valence-electron chi connectivity index (χ4n) is 1.21. The second kappa shape index (κ2) is 10.5. The Kier molecular flexibility index (Phi) is 10.0. The van der Waals surface area contributed by atoms with E-state index in [0.29, 0.717) is 0 Å². The van der Waals surface area contributed by atoms with Crippen molar-refractivity contribution in [3.8, 4) is 0 Å². The van der Waals surface area contributed by atoms with Crippen LogP contribution in [0.5, 0.6) is 0 Å². The molecule has 70 valence electrons. The molecule has 0 bridgehead atoms. The molecule has 0 heteroatoms. The average molecular weight is 166 g/mol. The van der Waals surface area contributed by atoms with Crippen molar-refractivity contribution in [1.82, 2.24) is 0 Å². The lowest BCUT2D eigenvalue weighted by Crippen LogP contribution is -1.76. The molecule has 0 radical (unpaired) electrons. The van der Waals surface area contributed by atoms with Crippen molar-refractivity contribution in [1.29, 1.82) is 0 Å². The van der Waals surface area contributed by atoms with E-state index in [-0.39, 0.29) is 0 Å². The van der Waals surface area contributed by atoms with Crippen LogP contribution >= 0.6 is 0 Å². The van der Waals surface area contributed by atoms with Gasteiger partial charge in [-0.25, -0.2) is 0 Å². The molecular weight excluding hydrogens is 144 g/mol. The smallest absolute Gasteiger partial charge is 0.0351 e. The summed E-state index contributed by atoms with van der Waals surface area (Å²) in [4.78, 5) is 0. The number of hydrogen-bond acceptors (Lipinski definition) is 0. The van der Waals surface area contributed by atoms with Crippen molar-refractivity contribution < 1.29 is 0 Å². The third kappa shape index (κ3) is 9.48. The van der Waals surface area contributed by atoms with E-state index in [9.17, 15) is 0 Å². The first kappa shape index (κ1) is 11.5. The Morgan fingerprint density at radius 3 is 1.42 bits per heavy atom. The van der Waals surface area contributed by atoms with Crippen molar-refractivity contribution in [2.75, 3.05) is 0 Å². The van der Waals surface area contributed by atoms with Gasteiger partial charge in [-0.05, 0) is 39.5 Å². The summed E-state index contributed by atoms with van der Waals surface area (Å²) in [5.74, 6) is 0. The SMILES string of the molecule is C/C=C\CCCCCC/C=C/C. The minimum atomic E-state index is 1.26. The molecule has 0 aliphatic rings. The molecule has 0 rings (SSSR count). The first-order valence-electron chi connectivity index (χ1n) is 5.14. The van der Waals surface area contributed by atoms with E-state index in [1.54, 1.807) is 0 Å². The lowest BCUT2D eigenvalue weighted by Gasteiger charge is -1.96. The molecule has 0 N–H and O–H groups in total. The number of unbranched alkanes of at least 4 members (excludes halogenated alkanes) is 5. The van der Waals surface area contributed by atoms with Gasteiger partial charge in [0.2, 0.25) is 0 Å². The third-order valence-electron chi connectivity index (χ3n) is 1.96. The molecule has 0 amide bonds. The summed E-state index contributed by atoms with van der Waals surface area (Å²) in [6.45, 7) is 4.18. The van der Waals surface area contributed by atoms with E-state index in [4.69, 9.17) is 0 Å². The van der Waals surface area contributed by atoms with Gasteiger partial charge in [0.15, 0.2) is 0 Å². The quantitative estimate of drug-likeness (QED) is 0.386. The summed E-state index contributed by atoms with van der Waals surface area (Å²) in [5.41, 5.74) is 0. The van der Waals surface area contributed by atoms with Crippen LogP contribution < -0.4 is 0 Å². The van der Waals surface area contributed by atoms with Gasteiger partial charge in [-0.2, -0.15) is 0 Å². The van der Waals surface area contributed by atoms with Crippen LogP contribution in [0.4, 0.5) is 0 Å². The van der Waals surface area contributed by atoms with Crippen LogP contribution in [0.2, 0.25) is 0 Å². The van der Waals surface area contributed by atoms with E-state index in [1.165, 1.54) is 38.5 Å². The molecule has 12 heavy (non-hydrogen) atoms. The zero-order valence-electron chi connectivity index (χ0n) is 8.55. The zero-order chi connectivity index (χ0) is 9.07. The minimum Gasteiger partial charge on any atom is -0.0917 e. The average Bonchev–Trinajstić information content (AvgIpc) is 2.10. The first-order chi connectivity index (χ1) is 5.91. The molecule has 0 saturated carbocycles. The number of rotatable bonds is 7. The van der Waals surface area contributed by atoms with E-state index < -0.39 is 0 Å². The molecule has 0 saturated heterocycles. The zero-order valence-corrected chi connectivity index (χ0v) is 8.55. The molecule has 0 atom stereocenters. The molecule has 0 fully saturated rings. The van der Waals surface area contributed by atoms with Gasteiger partial charge in [0.1, 0.15) is 0 Å². The lowest BCUT2D eigenvalue weighted by atomic mass is 10.1. The van der Waals surface area contributed by atoms with Gasteiger partial charge in [-0.1, -0.05) is 37.1 Å². The summed E-state index contributed by atoms with van der Waals surface area (Å²) in [7, 11) is 0. The second-order valence-corrected chi connectivity index (χ2v) is 3.13. The molecule has 0 unspecified atom stereocenters. The van der Waals surface area contributed by atoms with E-state index >= 15 is 0 Å². The van der Waals surface area contributed by atoms with Crippen LogP contribution in [0.15, 0.2) is 24.3 Å². The summed E-state index contributed by atoms with van der Waals surface area (Å²) in [6, 6.07) is 0. The Hall–Kier alpha value is -0.520. The standard InChI is InChI=1S/C12H22/c1-3-5-7-9-11-12-10-8-6-4-2/h3-6H,7-12H2,1-2H3/b5-3-,6-4+. The maximum atomic E-state index is 2.26. The van der Waals surface area contributed by atoms with Gasteiger partial charge in [-0.15, -0.1) is 0 Å². The summed E-state index contributed by atoms with van der Waals surface area (Å²) >= 11 is 0. The van der Waals surface area contributed by atoms with Crippen molar-refractivity contribution in [2.24, 2.45) is 0 Å². The van der Waals surface area contributed by atoms with Crippen molar-refractivity contribution in [3.05, 3.63) is 24.3 Å². The van der Waals surface area contributed by atoms with Crippen LogP contribution in [0.25, 0.3) is 0 Å². The Morgan fingerprint density at radius 1 is 0.667 bits per heavy atom. The highest BCUT2D eigenvalue weighted by atomic mass is 13.9. The molecule has 0 aromatic heterocycles. The fourth-order valence-corrected chi connectivity index (χ4v) is 1.21. The van der Waals surface area contributed by atoms with Crippen LogP contribution in [-0.2, 0) is 0 Å². The molecule has 0 aromatic rings. The topological polar surface area (TPSA) is 0 Å². The van der Waals surface area contributed by atoms with Crippen LogP contribution in [0, 0.1) is 0 Å².